The number of allylic oxidation sites excluding steroid dienone is 2. The Bertz CT molecular complexity index is 580. The van der Waals surface area contributed by atoms with Gasteiger partial charge >= 0.3 is 5.97 Å². The number of ether oxygens (including phenoxy) is 1. The van der Waals surface area contributed by atoms with Gasteiger partial charge in [0.25, 0.3) is 5.91 Å². The van der Waals surface area contributed by atoms with Crippen LogP contribution < -0.4 is 5.32 Å². The van der Waals surface area contributed by atoms with Gasteiger partial charge in [0.1, 0.15) is 12.3 Å². The molecule has 0 bridgehead atoms. The Morgan fingerprint density at radius 1 is 1.36 bits per heavy atom. The lowest BCUT2D eigenvalue weighted by molar-refractivity contribution is -0.146. The van der Waals surface area contributed by atoms with E-state index < -0.39 is 12.0 Å². The third kappa shape index (κ3) is 3.81. The molecule has 0 fully saturated rings. The normalized spacial score (nSPS) is 18.2. The van der Waals surface area contributed by atoms with E-state index in [-0.39, 0.29) is 18.4 Å². The standard InChI is InChI=1S/C17H19NO4/c1-2-22-17(21)15(14-9-8-12(10-14)11-19)18-16(20)13-6-4-3-5-7-13/h3-8,11,14-15H,2,9-10H2,1H3,(H,18,20)/t14-,15+/m0/s1. The molecule has 5 heteroatoms. The van der Waals surface area contributed by atoms with Crippen LogP contribution in [0.4, 0.5) is 0 Å². The minimum Gasteiger partial charge on any atom is -0.464 e. The molecule has 0 aromatic heterocycles. The highest BCUT2D eigenvalue weighted by molar-refractivity contribution is 5.96. The van der Waals surface area contributed by atoms with E-state index in [4.69, 9.17) is 4.74 Å². The SMILES string of the molecule is CCOC(=O)[C@H](NC(=O)c1ccccc1)[C@H]1CC=C(C=O)C1. The molecule has 0 saturated carbocycles. The second-order valence-electron chi connectivity index (χ2n) is 5.17. The number of rotatable bonds is 6. The van der Waals surface area contributed by atoms with Crippen molar-refractivity contribution in [3.8, 4) is 0 Å². The quantitative estimate of drug-likeness (QED) is 0.643. The van der Waals surface area contributed by atoms with Crippen molar-refractivity contribution in [3.63, 3.8) is 0 Å². The van der Waals surface area contributed by atoms with Crippen LogP contribution in [0.15, 0.2) is 42.0 Å². The number of hydrogen-bond donors (Lipinski definition) is 1. The van der Waals surface area contributed by atoms with Crippen LogP contribution in [0.3, 0.4) is 0 Å². The summed E-state index contributed by atoms with van der Waals surface area (Å²) in [5, 5.41) is 2.74. The Morgan fingerprint density at radius 3 is 2.68 bits per heavy atom. The first-order valence-corrected chi connectivity index (χ1v) is 7.32. The van der Waals surface area contributed by atoms with Crippen LogP contribution in [-0.2, 0) is 14.3 Å². The van der Waals surface area contributed by atoms with Crippen LogP contribution in [0.1, 0.15) is 30.1 Å². The molecular weight excluding hydrogens is 282 g/mol. The first kappa shape index (κ1) is 15.9. The lowest BCUT2D eigenvalue weighted by Gasteiger charge is -2.23. The van der Waals surface area contributed by atoms with Gasteiger partial charge in [0.2, 0.25) is 0 Å². The molecule has 1 N–H and O–H groups in total. The van der Waals surface area contributed by atoms with Crippen molar-refractivity contribution in [2.24, 2.45) is 5.92 Å². The van der Waals surface area contributed by atoms with Crippen molar-refractivity contribution >= 4 is 18.2 Å². The Labute approximate surface area is 129 Å². The molecule has 0 radical (unpaired) electrons. The lowest BCUT2D eigenvalue weighted by Crippen LogP contribution is -2.46. The molecule has 2 rings (SSSR count). The second-order valence-corrected chi connectivity index (χ2v) is 5.17. The first-order chi connectivity index (χ1) is 10.7. The maximum atomic E-state index is 12.3. The first-order valence-electron chi connectivity index (χ1n) is 7.32. The van der Waals surface area contributed by atoms with Gasteiger partial charge in [-0.3, -0.25) is 9.59 Å². The average molecular weight is 301 g/mol. The molecule has 5 nitrogen and oxygen atoms in total. The fraction of sp³-hybridized carbons (Fsp3) is 0.353. The van der Waals surface area contributed by atoms with Crippen LogP contribution in [0.25, 0.3) is 0 Å². The van der Waals surface area contributed by atoms with Crippen LogP contribution in [0.2, 0.25) is 0 Å². The second kappa shape index (κ2) is 7.54. The van der Waals surface area contributed by atoms with E-state index in [1.54, 1.807) is 37.3 Å². The van der Waals surface area contributed by atoms with Crippen molar-refractivity contribution in [1.29, 1.82) is 0 Å². The maximum absolute atomic E-state index is 12.3. The number of hydrogen-bond acceptors (Lipinski definition) is 4. The summed E-state index contributed by atoms with van der Waals surface area (Å²) in [6, 6.07) is 7.95. The van der Waals surface area contributed by atoms with Crippen LogP contribution in [0, 0.1) is 5.92 Å². The van der Waals surface area contributed by atoms with Crippen molar-refractivity contribution < 1.29 is 19.1 Å². The molecule has 0 unspecified atom stereocenters. The van der Waals surface area contributed by atoms with Gasteiger partial charge in [0.05, 0.1) is 6.61 Å². The summed E-state index contributed by atoms with van der Waals surface area (Å²) in [5.41, 5.74) is 1.15. The molecule has 1 aromatic carbocycles. The molecule has 0 heterocycles. The summed E-state index contributed by atoms with van der Waals surface area (Å²) in [7, 11) is 0. The number of carbonyl (C=O) groups is 3. The average Bonchev–Trinajstić information content (AvgIpc) is 3.02. The zero-order valence-corrected chi connectivity index (χ0v) is 12.5. The van der Waals surface area contributed by atoms with Gasteiger partial charge < -0.3 is 10.1 Å². The number of esters is 1. The molecule has 1 amide bonds. The van der Waals surface area contributed by atoms with E-state index >= 15 is 0 Å². The molecule has 22 heavy (non-hydrogen) atoms. The Balaban J connectivity index is 2.10. The highest BCUT2D eigenvalue weighted by Gasteiger charge is 2.33. The summed E-state index contributed by atoms with van der Waals surface area (Å²) in [5.74, 6) is -0.928. The number of amides is 1. The minimum absolute atomic E-state index is 0.146. The van der Waals surface area contributed by atoms with Crippen LogP contribution >= 0.6 is 0 Å². The monoisotopic (exact) mass is 301 g/mol. The molecule has 116 valence electrons. The molecule has 1 aliphatic rings. The van der Waals surface area contributed by atoms with Crippen LogP contribution in [-0.4, -0.2) is 30.8 Å². The van der Waals surface area contributed by atoms with E-state index in [0.717, 1.165) is 6.29 Å². The van der Waals surface area contributed by atoms with Crippen molar-refractivity contribution in [1.82, 2.24) is 5.32 Å². The molecule has 0 aliphatic heterocycles. The molecule has 2 atom stereocenters. The van der Waals surface area contributed by atoms with Crippen molar-refractivity contribution in [3.05, 3.63) is 47.5 Å². The van der Waals surface area contributed by atoms with Gasteiger partial charge in [0, 0.05) is 5.56 Å². The lowest BCUT2D eigenvalue weighted by atomic mass is 9.95. The number of benzene rings is 1. The number of nitrogens with one attached hydrogen (secondary N) is 1. The van der Waals surface area contributed by atoms with Gasteiger partial charge in [0.15, 0.2) is 0 Å². The van der Waals surface area contributed by atoms with Gasteiger partial charge in [-0.25, -0.2) is 4.79 Å². The molecule has 1 aliphatic carbocycles. The Morgan fingerprint density at radius 2 is 2.09 bits per heavy atom. The zero-order valence-electron chi connectivity index (χ0n) is 12.5. The maximum Gasteiger partial charge on any atom is 0.328 e. The Kier molecular flexibility index (Phi) is 5.47. The summed E-state index contributed by atoms with van der Waals surface area (Å²) < 4.78 is 5.06. The summed E-state index contributed by atoms with van der Waals surface area (Å²) in [6.45, 7) is 1.97. The number of aldehydes is 1. The van der Waals surface area contributed by atoms with E-state index in [1.165, 1.54) is 0 Å². The summed E-state index contributed by atoms with van der Waals surface area (Å²) >= 11 is 0. The predicted molar refractivity (Wildman–Crippen MR) is 81.2 cm³/mol. The number of carbonyl (C=O) groups excluding carboxylic acids is 3. The summed E-state index contributed by atoms with van der Waals surface area (Å²) in [6.07, 6.45) is 3.65. The molecular formula is C17H19NO4. The van der Waals surface area contributed by atoms with Gasteiger partial charge in [-0.2, -0.15) is 0 Å². The highest BCUT2D eigenvalue weighted by Crippen LogP contribution is 2.27. The van der Waals surface area contributed by atoms with E-state index in [2.05, 4.69) is 5.32 Å². The van der Waals surface area contributed by atoms with Crippen molar-refractivity contribution in [2.75, 3.05) is 6.61 Å². The minimum atomic E-state index is -0.749. The largest absolute Gasteiger partial charge is 0.464 e. The highest BCUT2D eigenvalue weighted by atomic mass is 16.5. The third-order valence-corrected chi connectivity index (χ3v) is 3.67. The molecule has 0 spiro atoms. The third-order valence-electron chi connectivity index (χ3n) is 3.67. The van der Waals surface area contributed by atoms with Gasteiger partial charge in [-0.05, 0) is 43.4 Å². The van der Waals surface area contributed by atoms with E-state index in [9.17, 15) is 14.4 Å². The van der Waals surface area contributed by atoms with E-state index in [1.807, 2.05) is 6.07 Å². The van der Waals surface area contributed by atoms with Crippen LogP contribution in [0.5, 0.6) is 0 Å². The van der Waals surface area contributed by atoms with Gasteiger partial charge in [-0.15, -0.1) is 0 Å². The fourth-order valence-corrected chi connectivity index (χ4v) is 2.54. The van der Waals surface area contributed by atoms with E-state index in [0.29, 0.717) is 24.0 Å². The molecule has 1 aromatic rings. The topological polar surface area (TPSA) is 72.5 Å². The zero-order chi connectivity index (χ0) is 15.9. The van der Waals surface area contributed by atoms with Gasteiger partial charge in [-0.1, -0.05) is 24.3 Å². The predicted octanol–water partition coefficient (Wildman–Crippen LogP) is 1.88. The smallest absolute Gasteiger partial charge is 0.328 e. The summed E-state index contributed by atoms with van der Waals surface area (Å²) in [4.78, 5) is 35.3. The molecule has 0 saturated heterocycles. The Hall–Kier alpha value is -2.43. The fourth-order valence-electron chi connectivity index (χ4n) is 2.54. The van der Waals surface area contributed by atoms with Crippen molar-refractivity contribution in [2.45, 2.75) is 25.8 Å².